The third-order valence-electron chi connectivity index (χ3n) is 3.47. The molecule has 3 aromatic rings. The van der Waals surface area contributed by atoms with Gasteiger partial charge in [-0.3, -0.25) is 10.9 Å². The molecular formula is C18H18N4OS2. The highest BCUT2D eigenvalue weighted by Crippen LogP contribution is 2.23. The lowest BCUT2D eigenvalue weighted by Gasteiger charge is -2.11. The number of hydrazine groups is 1. The molecule has 0 aliphatic carbocycles. The Morgan fingerprint density at radius 2 is 1.88 bits per heavy atom. The fourth-order valence-electron chi connectivity index (χ4n) is 2.15. The molecule has 3 N–H and O–H groups in total. The van der Waals surface area contributed by atoms with Gasteiger partial charge < -0.3 is 10.1 Å². The van der Waals surface area contributed by atoms with Gasteiger partial charge in [-0.2, -0.15) is 0 Å². The maximum Gasteiger partial charge on any atom is 0.202 e. The largest absolute Gasteiger partial charge is 0.497 e. The first-order valence-corrected chi connectivity index (χ1v) is 8.97. The molecule has 0 aliphatic heterocycles. The quantitative estimate of drug-likeness (QED) is 0.453. The van der Waals surface area contributed by atoms with Gasteiger partial charge in [0.25, 0.3) is 0 Å². The first-order valence-electron chi connectivity index (χ1n) is 7.68. The number of anilines is 1. The number of methoxy groups -OCH3 is 1. The van der Waals surface area contributed by atoms with Crippen LogP contribution in [0.3, 0.4) is 0 Å². The van der Waals surface area contributed by atoms with Crippen molar-refractivity contribution in [1.82, 2.24) is 15.7 Å². The molecule has 0 radical (unpaired) electrons. The van der Waals surface area contributed by atoms with E-state index < -0.39 is 0 Å². The molecule has 2 aromatic carbocycles. The number of thiocarbonyl (C=S) groups is 1. The Morgan fingerprint density at radius 1 is 1.12 bits per heavy atom. The van der Waals surface area contributed by atoms with Crippen molar-refractivity contribution in [2.45, 2.75) is 6.54 Å². The minimum atomic E-state index is 0.507. The van der Waals surface area contributed by atoms with E-state index in [2.05, 4.69) is 21.2 Å². The molecule has 0 aliphatic rings. The molecule has 1 heterocycles. The molecule has 0 spiro atoms. The fraction of sp³-hybridized carbons (Fsp3) is 0.111. The molecule has 25 heavy (non-hydrogen) atoms. The van der Waals surface area contributed by atoms with Crippen LogP contribution in [0.1, 0.15) is 5.56 Å². The minimum absolute atomic E-state index is 0.507. The molecule has 7 heteroatoms. The van der Waals surface area contributed by atoms with E-state index in [0.717, 1.165) is 27.7 Å². The number of ether oxygens (including phenoxy) is 1. The van der Waals surface area contributed by atoms with Crippen LogP contribution in [0, 0.1) is 0 Å². The molecule has 0 atom stereocenters. The molecule has 3 rings (SSSR count). The van der Waals surface area contributed by atoms with Crippen molar-refractivity contribution >= 4 is 33.8 Å². The Labute approximate surface area is 156 Å². The zero-order valence-electron chi connectivity index (χ0n) is 13.7. The molecule has 1 aromatic heterocycles. The second kappa shape index (κ2) is 8.46. The first-order chi connectivity index (χ1) is 12.2. The van der Waals surface area contributed by atoms with E-state index >= 15 is 0 Å². The maximum atomic E-state index is 5.27. The molecule has 0 saturated heterocycles. The van der Waals surface area contributed by atoms with Crippen LogP contribution < -0.4 is 20.9 Å². The molecule has 0 unspecified atom stereocenters. The number of benzene rings is 2. The van der Waals surface area contributed by atoms with Crippen molar-refractivity contribution in [3.63, 3.8) is 0 Å². The third kappa shape index (κ3) is 4.91. The second-order valence-corrected chi connectivity index (χ2v) is 6.45. The molecule has 0 fully saturated rings. The highest BCUT2D eigenvalue weighted by Gasteiger charge is 2.04. The minimum Gasteiger partial charge on any atom is -0.497 e. The lowest BCUT2D eigenvalue weighted by Crippen LogP contribution is -2.38. The number of aromatic nitrogens is 1. The van der Waals surface area contributed by atoms with Crippen LogP contribution in [0.25, 0.3) is 11.3 Å². The Hall–Kier alpha value is -2.64. The smallest absolute Gasteiger partial charge is 0.202 e. The first kappa shape index (κ1) is 17.2. The predicted molar refractivity (Wildman–Crippen MR) is 107 cm³/mol. The number of thiazole rings is 1. The van der Waals surface area contributed by atoms with Crippen molar-refractivity contribution in [3.8, 4) is 17.0 Å². The monoisotopic (exact) mass is 370 g/mol. The molecule has 0 amide bonds. The van der Waals surface area contributed by atoms with Crippen molar-refractivity contribution in [2.24, 2.45) is 0 Å². The summed E-state index contributed by atoms with van der Waals surface area (Å²) < 4.78 is 5.14. The van der Waals surface area contributed by atoms with Crippen LogP contribution in [0.2, 0.25) is 0 Å². The molecule has 128 valence electrons. The topological polar surface area (TPSA) is 58.2 Å². The highest BCUT2D eigenvalue weighted by atomic mass is 32.1. The summed E-state index contributed by atoms with van der Waals surface area (Å²) in [6, 6.07) is 17.9. The van der Waals surface area contributed by atoms with E-state index in [-0.39, 0.29) is 0 Å². The van der Waals surface area contributed by atoms with Gasteiger partial charge in [0.2, 0.25) is 5.13 Å². The van der Waals surface area contributed by atoms with Crippen LogP contribution in [0.4, 0.5) is 5.13 Å². The summed E-state index contributed by atoms with van der Waals surface area (Å²) in [6.45, 7) is 0.630. The average Bonchev–Trinajstić information content (AvgIpc) is 3.15. The third-order valence-corrected chi connectivity index (χ3v) is 4.47. The van der Waals surface area contributed by atoms with Crippen molar-refractivity contribution in [3.05, 3.63) is 65.5 Å². The van der Waals surface area contributed by atoms with Gasteiger partial charge in [0.1, 0.15) is 5.75 Å². The lowest BCUT2D eigenvalue weighted by molar-refractivity contribution is 0.414. The van der Waals surface area contributed by atoms with E-state index in [1.165, 1.54) is 11.3 Å². The van der Waals surface area contributed by atoms with Gasteiger partial charge in [-0.15, -0.1) is 11.3 Å². The van der Waals surface area contributed by atoms with Gasteiger partial charge in [-0.1, -0.05) is 42.5 Å². The predicted octanol–water partition coefficient (Wildman–Crippen LogP) is 3.81. The number of nitrogens with zero attached hydrogens (tertiary/aromatic N) is 1. The van der Waals surface area contributed by atoms with Crippen molar-refractivity contribution in [1.29, 1.82) is 0 Å². The maximum absolute atomic E-state index is 5.27. The van der Waals surface area contributed by atoms with Crippen molar-refractivity contribution in [2.75, 3.05) is 12.5 Å². The van der Waals surface area contributed by atoms with E-state index in [1.54, 1.807) is 7.11 Å². The number of hydrogen-bond donors (Lipinski definition) is 3. The zero-order valence-corrected chi connectivity index (χ0v) is 15.3. The molecular weight excluding hydrogens is 352 g/mol. The van der Waals surface area contributed by atoms with E-state index in [9.17, 15) is 0 Å². The van der Waals surface area contributed by atoms with Crippen LogP contribution in [-0.2, 0) is 6.54 Å². The summed E-state index contributed by atoms with van der Waals surface area (Å²) in [4.78, 5) is 4.53. The Bertz CT molecular complexity index is 819. The zero-order chi connectivity index (χ0) is 17.5. The van der Waals surface area contributed by atoms with Crippen LogP contribution in [0.15, 0.2) is 60.0 Å². The van der Waals surface area contributed by atoms with Gasteiger partial charge >= 0.3 is 0 Å². The van der Waals surface area contributed by atoms with E-state index in [1.807, 2.05) is 60.0 Å². The van der Waals surface area contributed by atoms with Gasteiger partial charge in [0.05, 0.1) is 12.8 Å². The van der Waals surface area contributed by atoms with Crippen LogP contribution >= 0.6 is 23.6 Å². The fourth-order valence-corrected chi connectivity index (χ4v) is 2.95. The summed E-state index contributed by atoms with van der Waals surface area (Å²) in [6.07, 6.45) is 0. The summed E-state index contributed by atoms with van der Waals surface area (Å²) >= 11 is 6.79. The normalized spacial score (nSPS) is 10.1. The SMILES string of the molecule is COc1ccc(CNC(=S)NNc2nc(-c3ccccc3)cs2)cc1. The Morgan fingerprint density at radius 3 is 2.60 bits per heavy atom. The lowest BCUT2D eigenvalue weighted by atomic mass is 10.2. The number of nitrogens with one attached hydrogen (secondary N) is 3. The molecule has 0 bridgehead atoms. The van der Waals surface area contributed by atoms with Gasteiger partial charge in [0, 0.05) is 17.5 Å². The van der Waals surface area contributed by atoms with Crippen LogP contribution in [-0.4, -0.2) is 17.2 Å². The number of rotatable bonds is 6. The van der Waals surface area contributed by atoms with E-state index in [0.29, 0.717) is 11.7 Å². The molecule has 0 saturated carbocycles. The standard InChI is InChI=1S/C18H18N4OS2/c1-23-15-9-7-13(8-10-15)11-19-17(24)21-22-18-20-16(12-25-18)14-5-3-2-4-6-14/h2-10,12H,11H2,1H3,(H,20,22)(H2,19,21,24). The molecule has 5 nitrogen and oxygen atoms in total. The average molecular weight is 371 g/mol. The summed E-state index contributed by atoms with van der Waals surface area (Å²) in [7, 11) is 1.65. The van der Waals surface area contributed by atoms with Crippen LogP contribution in [0.5, 0.6) is 5.75 Å². The van der Waals surface area contributed by atoms with Gasteiger partial charge in [-0.25, -0.2) is 4.98 Å². The van der Waals surface area contributed by atoms with Gasteiger partial charge in [-0.05, 0) is 29.9 Å². The highest BCUT2D eigenvalue weighted by molar-refractivity contribution is 7.80. The van der Waals surface area contributed by atoms with E-state index in [4.69, 9.17) is 17.0 Å². The summed E-state index contributed by atoms with van der Waals surface area (Å²) in [5.41, 5.74) is 9.12. The van der Waals surface area contributed by atoms with Gasteiger partial charge in [0.15, 0.2) is 5.11 Å². The number of hydrogen-bond acceptors (Lipinski definition) is 5. The summed E-state index contributed by atoms with van der Waals surface area (Å²) in [5.74, 6) is 0.837. The Kier molecular flexibility index (Phi) is 5.81. The van der Waals surface area contributed by atoms with Crippen molar-refractivity contribution < 1.29 is 4.74 Å². The second-order valence-electron chi connectivity index (χ2n) is 5.18. The summed E-state index contributed by atoms with van der Waals surface area (Å²) in [5, 5.41) is 6.41. The Balaban J connectivity index is 1.46.